The van der Waals surface area contributed by atoms with Crippen LogP contribution < -0.4 is 0 Å². The number of hydrogen-bond donors (Lipinski definition) is 0. The zero-order valence-corrected chi connectivity index (χ0v) is 18.6. The predicted octanol–water partition coefficient (Wildman–Crippen LogP) is 3.40. The number of allylic oxidation sites excluding steroid dienone is 2. The molecule has 0 unspecified atom stereocenters. The molecule has 6 nitrogen and oxygen atoms in total. The molecule has 152 valence electrons. The Morgan fingerprint density at radius 3 is 2.61 bits per heavy atom. The number of esters is 2. The SMILES string of the molecule is CCOC(=O)C1=C2C=C(C)C[C@H]3[C@H](C(=O)OC(C)(C)C)SC(SC)=C(C1=O)N23. The van der Waals surface area contributed by atoms with E-state index in [0.717, 1.165) is 9.81 Å². The minimum Gasteiger partial charge on any atom is -0.462 e. The van der Waals surface area contributed by atoms with Gasteiger partial charge in [0.05, 0.1) is 22.6 Å². The van der Waals surface area contributed by atoms with E-state index in [0.29, 0.717) is 17.8 Å². The first-order valence-electron chi connectivity index (χ1n) is 9.19. The van der Waals surface area contributed by atoms with Gasteiger partial charge in [-0.15, -0.1) is 11.8 Å². The van der Waals surface area contributed by atoms with Crippen molar-refractivity contribution < 1.29 is 23.9 Å². The van der Waals surface area contributed by atoms with Gasteiger partial charge in [0.1, 0.15) is 22.1 Å². The summed E-state index contributed by atoms with van der Waals surface area (Å²) < 4.78 is 11.5. The first-order valence-corrected chi connectivity index (χ1v) is 11.3. The van der Waals surface area contributed by atoms with Crippen molar-refractivity contribution in [3.8, 4) is 0 Å². The number of rotatable bonds is 4. The molecule has 0 N–H and O–H groups in total. The van der Waals surface area contributed by atoms with Gasteiger partial charge in [0.15, 0.2) is 0 Å². The molecule has 3 aliphatic rings. The molecule has 0 aliphatic carbocycles. The molecule has 0 saturated heterocycles. The molecule has 3 heterocycles. The highest BCUT2D eigenvalue weighted by Gasteiger charge is 2.52. The van der Waals surface area contributed by atoms with Crippen molar-refractivity contribution >= 4 is 41.2 Å². The van der Waals surface area contributed by atoms with Crippen LogP contribution in [0.2, 0.25) is 0 Å². The van der Waals surface area contributed by atoms with Crippen LogP contribution in [0, 0.1) is 0 Å². The lowest BCUT2D eigenvalue weighted by molar-refractivity contribution is -0.155. The van der Waals surface area contributed by atoms with Gasteiger partial charge in [0, 0.05) is 0 Å². The third-order valence-corrected chi connectivity index (χ3v) is 7.05. The molecule has 0 aromatic heterocycles. The largest absolute Gasteiger partial charge is 0.462 e. The molecule has 0 amide bonds. The summed E-state index contributed by atoms with van der Waals surface area (Å²) in [5, 5.41) is -0.488. The van der Waals surface area contributed by atoms with Crippen LogP contribution in [0.4, 0.5) is 0 Å². The van der Waals surface area contributed by atoms with Crippen LogP contribution in [-0.4, -0.2) is 52.4 Å². The monoisotopic (exact) mass is 423 g/mol. The number of hydrogen-bond acceptors (Lipinski definition) is 8. The van der Waals surface area contributed by atoms with E-state index in [4.69, 9.17) is 9.47 Å². The Morgan fingerprint density at radius 1 is 1.36 bits per heavy atom. The van der Waals surface area contributed by atoms with Gasteiger partial charge >= 0.3 is 11.9 Å². The van der Waals surface area contributed by atoms with Gasteiger partial charge in [-0.25, -0.2) is 4.79 Å². The maximum absolute atomic E-state index is 13.1. The van der Waals surface area contributed by atoms with Crippen LogP contribution >= 0.6 is 23.5 Å². The lowest BCUT2D eigenvalue weighted by atomic mass is 9.96. The molecule has 2 atom stereocenters. The number of thioether (sulfide) groups is 2. The van der Waals surface area contributed by atoms with Gasteiger partial charge in [-0.05, 0) is 53.4 Å². The Labute approximate surface area is 173 Å². The van der Waals surface area contributed by atoms with Crippen molar-refractivity contribution in [2.45, 2.75) is 57.9 Å². The lowest BCUT2D eigenvalue weighted by Gasteiger charge is -2.43. The van der Waals surface area contributed by atoms with Crippen LogP contribution in [-0.2, 0) is 23.9 Å². The highest BCUT2D eigenvalue weighted by Crippen LogP contribution is 2.51. The number of Topliss-reactive ketones (excluding diaryl/α,β-unsaturated/α-hetero) is 1. The Balaban J connectivity index is 2.11. The second-order valence-corrected chi connectivity index (χ2v) is 10.1. The van der Waals surface area contributed by atoms with E-state index >= 15 is 0 Å². The van der Waals surface area contributed by atoms with Crippen molar-refractivity contribution in [1.29, 1.82) is 0 Å². The predicted molar refractivity (Wildman–Crippen MR) is 110 cm³/mol. The molecule has 28 heavy (non-hydrogen) atoms. The summed E-state index contributed by atoms with van der Waals surface area (Å²) in [6.45, 7) is 9.36. The molecule has 0 bridgehead atoms. The van der Waals surface area contributed by atoms with Crippen molar-refractivity contribution in [2.75, 3.05) is 12.9 Å². The fourth-order valence-corrected chi connectivity index (χ4v) is 5.71. The van der Waals surface area contributed by atoms with Gasteiger partial charge in [0.2, 0.25) is 5.78 Å². The minimum absolute atomic E-state index is 0.0536. The van der Waals surface area contributed by atoms with Crippen LogP contribution in [0.3, 0.4) is 0 Å². The number of ether oxygens (including phenoxy) is 2. The van der Waals surface area contributed by atoms with E-state index in [-0.39, 0.29) is 30.0 Å². The van der Waals surface area contributed by atoms with E-state index in [1.807, 2.05) is 44.9 Å². The van der Waals surface area contributed by atoms with Gasteiger partial charge in [0.25, 0.3) is 0 Å². The normalized spacial score (nSPS) is 24.3. The molecule has 3 rings (SSSR count). The molecule has 0 aromatic rings. The van der Waals surface area contributed by atoms with E-state index in [9.17, 15) is 14.4 Å². The van der Waals surface area contributed by atoms with Gasteiger partial charge in [-0.1, -0.05) is 17.3 Å². The van der Waals surface area contributed by atoms with Crippen LogP contribution in [0.5, 0.6) is 0 Å². The molecule has 8 heteroatoms. The minimum atomic E-state index is -0.617. The van der Waals surface area contributed by atoms with Gasteiger partial charge in [-0.3, -0.25) is 9.59 Å². The van der Waals surface area contributed by atoms with E-state index < -0.39 is 16.8 Å². The van der Waals surface area contributed by atoms with E-state index in [2.05, 4.69) is 0 Å². The van der Waals surface area contributed by atoms with Crippen molar-refractivity contribution in [3.63, 3.8) is 0 Å². The second kappa shape index (κ2) is 7.63. The molecular formula is C20H25NO5S2. The smallest absolute Gasteiger partial charge is 0.344 e. The lowest BCUT2D eigenvalue weighted by Crippen LogP contribution is -2.49. The fourth-order valence-electron chi connectivity index (χ4n) is 3.58. The second-order valence-electron chi connectivity index (χ2n) is 7.85. The summed E-state index contributed by atoms with van der Waals surface area (Å²) in [5.41, 5.74) is 1.47. The molecular weight excluding hydrogens is 398 g/mol. The Kier molecular flexibility index (Phi) is 5.74. The Morgan fingerprint density at radius 2 is 2.04 bits per heavy atom. The molecule has 3 aliphatic heterocycles. The fraction of sp³-hybridized carbons (Fsp3) is 0.550. The van der Waals surface area contributed by atoms with Crippen molar-refractivity contribution in [1.82, 2.24) is 4.90 Å². The number of carbonyl (C=O) groups is 3. The summed E-state index contributed by atoms with van der Waals surface area (Å²) in [6, 6.07) is -0.276. The zero-order chi connectivity index (χ0) is 20.8. The van der Waals surface area contributed by atoms with Crippen molar-refractivity contribution in [3.05, 3.63) is 32.9 Å². The summed E-state index contributed by atoms with van der Waals surface area (Å²) in [4.78, 5) is 40.5. The molecule has 0 saturated carbocycles. The van der Waals surface area contributed by atoms with Crippen molar-refractivity contribution in [2.24, 2.45) is 0 Å². The maximum Gasteiger partial charge on any atom is 0.344 e. The van der Waals surface area contributed by atoms with Crippen LogP contribution in [0.15, 0.2) is 32.9 Å². The Hall–Kier alpha value is -1.67. The molecule has 0 radical (unpaired) electrons. The zero-order valence-electron chi connectivity index (χ0n) is 17.0. The molecule has 0 fully saturated rings. The highest BCUT2D eigenvalue weighted by atomic mass is 32.2. The Bertz CT molecular complexity index is 834. The summed E-state index contributed by atoms with van der Waals surface area (Å²) >= 11 is 2.76. The number of nitrogens with zero attached hydrogens (tertiary/aromatic N) is 1. The first kappa shape index (κ1) is 21.0. The average molecular weight is 424 g/mol. The third-order valence-electron chi connectivity index (χ3n) is 4.53. The average Bonchev–Trinajstić information content (AvgIpc) is 2.87. The summed E-state index contributed by atoms with van der Waals surface area (Å²) in [5.74, 6) is -1.25. The molecule has 0 spiro atoms. The van der Waals surface area contributed by atoms with Gasteiger partial charge < -0.3 is 14.4 Å². The quantitative estimate of drug-likeness (QED) is 0.503. The van der Waals surface area contributed by atoms with Crippen LogP contribution in [0.1, 0.15) is 41.0 Å². The van der Waals surface area contributed by atoms with Crippen LogP contribution in [0.25, 0.3) is 0 Å². The summed E-state index contributed by atoms with van der Waals surface area (Å²) in [7, 11) is 0. The van der Waals surface area contributed by atoms with Gasteiger partial charge in [-0.2, -0.15) is 0 Å². The standard InChI is InChI=1S/C20H25NO5S2/c1-7-25-17(23)13-11-8-10(2)9-12-16(18(24)26-20(3,4)5)28-19(27-6)14(15(13)22)21(11)12/h8,12,16H,7,9H2,1-6H3/t12-,16+/m0/s1. The number of carbonyl (C=O) groups excluding carboxylic acids is 3. The van der Waals surface area contributed by atoms with E-state index in [1.54, 1.807) is 6.92 Å². The first-order chi connectivity index (χ1) is 13.1. The maximum atomic E-state index is 13.1. The molecule has 0 aromatic carbocycles. The topological polar surface area (TPSA) is 72.9 Å². The summed E-state index contributed by atoms with van der Waals surface area (Å²) in [6.07, 6.45) is 4.34. The highest BCUT2D eigenvalue weighted by molar-refractivity contribution is 8.22. The third kappa shape index (κ3) is 3.64. The number of ketones is 1. The van der Waals surface area contributed by atoms with E-state index in [1.165, 1.54) is 23.5 Å².